The van der Waals surface area contributed by atoms with E-state index >= 15 is 0 Å². The molecule has 2 amide bonds. The second-order valence-corrected chi connectivity index (χ2v) is 9.22. The van der Waals surface area contributed by atoms with Crippen molar-refractivity contribution in [1.29, 1.82) is 0 Å². The number of nitrogens with one attached hydrogen (secondary N) is 1. The molecular weight excluding hydrogens is 453 g/mol. The van der Waals surface area contributed by atoms with Gasteiger partial charge in [-0.15, -0.1) is 0 Å². The molecule has 2 aliphatic rings. The molecule has 0 bridgehead atoms. The number of benzene rings is 1. The number of amides is 2. The molecular formula is C19H20N3NaO8S. The first kappa shape index (κ1) is 26.0. The molecule has 13 heteroatoms. The maximum Gasteiger partial charge on any atom is 1.00 e. The Morgan fingerprint density at radius 2 is 1.88 bits per heavy atom. The first-order valence-corrected chi connectivity index (χ1v) is 11.0. The molecule has 0 saturated carbocycles. The molecule has 1 aromatic carbocycles. The van der Waals surface area contributed by atoms with E-state index in [1.165, 1.54) is 0 Å². The van der Waals surface area contributed by atoms with Crippen molar-refractivity contribution in [3.63, 3.8) is 0 Å². The van der Waals surface area contributed by atoms with Gasteiger partial charge in [-0.1, -0.05) is 24.3 Å². The van der Waals surface area contributed by atoms with Gasteiger partial charge in [0.1, 0.15) is 12.6 Å². The van der Waals surface area contributed by atoms with Crippen LogP contribution in [0.2, 0.25) is 0 Å². The van der Waals surface area contributed by atoms with Crippen LogP contribution in [0.25, 0.3) is 0 Å². The van der Waals surface area contributed by atoms with Gasteiger partial charge in [-0.05, 0) is 11.1 Å². The van der Waals surface area contributed by atoms with E-state index in [4.69, 9.17) is 10.5 Å². The molecule has 0 radical (unpaired) electrons. The van der Waals surface area contributed by atoms with Gasteiger partial charge in [0.25, 0.3) is 5.91 Å². The minimum absolute atomic E-state index is 0. The predicted octanol–water partition coefficient (Wildman–Crippen LogP) is -5.66. The van der Waals surface area contributed by atoms with Crippen LogP contribution in [0.4, 0.5) is 0 Å². The van der Waals surface area contributed by atoms with Crippen molar-refractivity contribution in [2.24, 2.45) is 5.73 Å². The van der Waals surface area contributed by atoms with E-state index in [1.54, 1.807) is 24.3 Å². The van der Waals surface area contributed by atoms with Gasteiger partial charge in [0.2, 0.25) is 5.91 Å². The molecule has 1 aromatic rings. The van der Waals surface area contributed by atoms with Crippen LogP contribution in [0.3, 0.4) is 0 Å². The van der Waals surface area contributed by atoms with Gasteiger partial charge in [-0.25, -0.2) is 8.42 Å². The van der Waals surface area contributed by atoms with Crippen molar-refractivity contribution < 1.29 is 67.0 Å². The second kappa shape index (κ2) is 10.1. The Labute approximate surface area is 206 Å². The van der Waals surface area contributed by atoms with Gasteiger partial charge >= 0.3 is 35.5 Å². The van der Waals surface area contributed by atoms with Crippen LogP contribution in [-0.4, -0.2) is 60.8 Å². The molecule has 1 fully saturated rings. The van der Waals surface area contributed by atoms with E-state index < -0.39 is 63.1 Å². The smallest absolute Gasteiger partial charge is 0.543 e. The summed E-state index contributed by atoms with van der Waals surface area (Å²) in [6, 6.07) is 5.46. The number of sulfone groups is 1. The minimum atomic E-state index is -4.07. The standard InChI is InChI=1S/C19H21N3O8S.Na/c1-10(23)30-8-13-9-31(28,29)18-15(17(25)22(18)16(13)19(26)27)21-14(24)6-11-4-2-3-5-12(11)7-20;/h2-5,15,18H,6-9,20H2,1H3,(H,21,24)(H,26,27);/q;+1/p-1/t15-,18-;/m0./s1. The number of hydrogen-bond acceptors (Lipinski definition) is 9. The number of nitrogens with zero attached hydrogens (tertiary/aromatic N) is 1. The van der Waals surface area contributed by atoms with Crippen molar-refractivity contribution in [3.05, 3.63) is 46.7 Å². The Morgan fingerprint density at radius 3 is 2.44 bits per heavy atom. The zero-order chi connectivity index (χ0) is 22.9. The normalized spacial score (nSPS) is 21.1. The Balaban J connectivity index is 0.00000363. The van der Waals surface area contributed by atoms with Crippen molar-refractivity contribution in [1.82, 2.24) is 10.2 Å². The summed E-state index contributed by atoms with van der Waals surface area (Å²) in [5, 5.41) is 12.4. The summed E-state index contributed by atoms with van der Waals surface area (Å²) in [7, 11) is -4.07. The molecule has 1 saturated heterocycles. The molecule has 0 aliphatic carbocycles. The molecule has 0 spiro atoms. The number of nitrogens with two attached hydrogens (primary N) is 1. The van der Waals surface area contributed by atoms with Gasteiger partial charge in [0.05, 0.1) is 23.8 Å². The van der Waals surface area contributed by atoms with Crippen molar-refractivity contribution >= 4 is 33.6 Å². The number of ether oxygens (including phenoxy) is 1. The predicted molar refractivity (Wildman–Crippen MR) is 103 cm³/mol. The van der Waals surface area contributed by atoms with E-state index in [9.17, 15) is 32.7 Å². The molecule has 11 nitrogen and oxygen atoms in total. The van der Waals surface area contributed by atoms with Crippen LogP contribution in [0.5, 0.6) is 0 Å². The van der Waals surface area contributed by atoms with Gasteiger partial charge in [0.15, 0.2) is 15.2 Å². The molecule has 2 atom stereocenters. The van der Waals surface area contributed by atoms with Crippen LogP contribution >= 0.6 is 0 Å². The van der Waals surface area contributed by atoms with Gasteiger partial charge in [-0.3, -0.25) is 19.3 Å². The monoisotopic (exact) mass is 473 g/mol. The largest absolute Gasteiger partial charge is 1.00 e. The van der Waals surface area contributed by atoms with Crippen molar-refractivity contribution in [2.75, 3.05) is 12.4 Å². The number of carbonyl (C=O) groups is 4. The first-order valence-electron chi connectivity index (χ1n) is 9.24. The summed E-state index contributed by atoms with van der Waals surface area (Å²) in [5.41, 5.74) is 6.05. The van der Waals surface area contributed by atoms with E-state index in [2.05, 4.69) is 5.32 Å². The maximum absolute atomic E-state index is 12.7. The summed E-state index contributed by atoms with van der Waals surface area (Å²) >= 11 is 0. The van der Waals surface area contributed by atoms with Gasteiger partial charge in [-0.2, -0.15) is 0 Å². The van der Waals surface area contributed by atoms with E-state index in [0.29, 0.717) is 10.5 Å². The van der Waals surface area contributed by atoms with E-state index in [-0.39, 0.29) is 48.1 Å². The van der Waals surface area contributed by atoms with Crippen molar-refractivity contribution in [3.8, 4) is 0 Å². The fourth-order valence-electron chi connectivity index (χ4n) is 3.64. The number of fused-ring (bicyclic) bond motifs is 1. The Kier molecular flexibility index (Phi) is 8.23. The average Bonchev–Trinajstić information content (AvgIpc) is 2.69. The number of rotatable bonds is 7. The SMILES string of the molecule is CC(=O)OCC1=C(C(=O)[O-])N2C(=O)[C@H](NC(=O)Cc3ccccc3CN)[C@@H]2S(=O)(=O)C1.[Na+]. The number of carbonyl (C=O) groups excluding carboxylic acids is 4. The molecule has 2 aliphatic heterocycles. The molecule has 0 aromatic heterocycles. The third kappa shape index (κ3) is 5.04. The topological polar surface area (TPSA) is 176 Å². The summed E-state index contributed by atoms with van der Waals surface area (Å²) in [4.78, 5) is 48.2. The van der Waals surface area contributed by atoms with E-state index in [1.807, 2.05) is 0 Å². The fourth-order valence-corrected chi connectivity index (χ4v) is 5.64. The fraction of sp³-hybridized carbons (Fsp3) is 0.368. The number of aliphatic carboxylic acids is 1. The summed E-state index contributed by atoms with van der Waals surface area (Å²) in [5.74, 6) is -4.80. The Bertz CT molecular complexity index is 1100. The summed E-state index contributed by atoms with van der Waals surface area (Å²) in [6.07, 6.45) is -0.134. The van der Waals surface area contributed by atoms with Gasteiger partial charge in [0, 0.05) is 19.0 Å². The molecule has 166 valence electrons. The molecule has 3 N–H and O–H groups in total. The third-order valence-corrected chi connectivity index (χ3v) is 6.98. The number of carboxylic acids is 1. The van der Waals surface area contributed by atoms with Crippen LogP contribution < -0.4 is 45.7 Å². The summed E-state index contributed by atoms with van der Waals surface area (Å²) < 4.78 is 30.1. The molecule has 0 unspecified atom stereocenters. The maximum atomic E-state index is 12.7. The Hall–Kier alpha value is -2.25. The van der Waals surface area contributed by atoms with Crippen LogP contribution in [0, 0.1) is 0 Å². The molecule has 32 heavy (non-hydrogen) atoms. The zero-order valence-corrected chi connectivity index (χ0v) is 20.3. The first-order chi connectivity index (χ1) is 14.6. The molecule has 2 heterocycles. The average molecular weight is 473 g/mol. The number of hydrogen-bond donors (Lipinski definition) is 2. The Morgan fingerprint density at radius 1 is 1.25 bits per heavy atom. The zero-order valence-electron chi connectivity index (χ0n) is 17.5. The quantitative estimate of drug-likeness (QED) is 0.222. The van der Waals surface area contributed by atoms with Crippen LogP contribution in [-0.2, 0) is 46.7 Å². The third-order valence-electron chi connectivity index (χ3n) is 5.01. The van der Waals surface area contributed by atoms with Crippen LogP contribution in [0.1, 0.15) is 18.1 Å². The number of esters is 1. The minimum Gasteiger partial charge on any atom is -0.543 e. The van der Waals surface area contributed by atoms with Crippen LogP contribution in [0.15, 0.2) is 35.5 Å². The summed E-state index contributed by atoms with van der Waals surface area (Å²) in [6.45, 7) is 0.658. The number of carboxylic acid groups (broad SMARTS) is 1. The van der Waals surface area contributed by atoms with E-state index in [0.717, 1.165) is 12.5 Å². The number of β-lactam (4-membered cyclic amide) rings is 1. The van der Waals surface area contributed by atoms with Crippen molar-refractivity contribution in [2.45, 2.75) is 31.3 Å². The van der Waals surface area contributed by atoms with Gasteiger partial charge < -0.3 is 25.7 Å². The molecule has 3 rings (SSSR count). The second-order valence-electron chi connectivity index (χ2n) is 7.12.